The fraction of sp³-hybridized carbons (Fsp3) is 0.240. The number of ether oxygens (including phenoxy) is 1. The second-order valence-corrected chi connectivity index (χ2v) is 9.15. The summed E-state index contributed by atoms with van der Waals surface area (Å²) in [6.45, 7) is 0.558. The number of benzene rings is 3. The molecule has 0 fully saturated rings. The number of aliphatic carboxylic acids is 1. The molecule has 3 aromatic rings. The molecule has 0 spiro atoms. The number of unbranched alkanes of at least 4 members (excludes halogenated alkanes) is 1. The molecule has 0 saturated heterocycles. The Hall–Kier alpha value is -3.32. The number of aryl methyl sites for hydroxylation is 2. The average Bonchev–Trinajstić information content (AvgIpc) is 2.78. The van der Waals surface area contributed by atoms with Crippen LogP contribution in [-0.2, 0) is 27.7 Å². The first-order valence-corrected chi connectivity index (χ1v) is 12.0. The molecular formula is C25H27NO5S. The number of hydrogen-bond donors (Lipinski definition) is 2. The number of hydrogen-bond acceptors (Lipinski definition) is 4. The molecule has 6 nitrogen and oxygen atoms in total. The van der Waals surface area contributed by atoms with Crippen LogP contribution in [0.2, 0.25) is 0 Å². The van der Waals surface area contributed by atoms with Gasteiger partial charge in [-0.1, -0.05) is 42.5 Å². The van der Waals surface area contributed by atoms with Crippen LogP contribution in [0.3, 0.4) is 0 Å². The van der Waals surface area contributed by atoms with Gasteiger partial charge in [-0.2, -0.15) is 0 Å². The van der Waals surface area contributed by atoms with E-state index in [1.54, 1.807) is 36.4 Å². The maximum Gasteiger partial charge on any atom is 0.303 e. The van der Waals surface area contributed by atoms with Gasteiger partial charge in [-0.3, -0.25) is 9.52 Å². The first-order valence-electron chi connectivity index (χ1n) is 10.5. The highest BCUT2D eigenvalue weighted by atomic mass is 32.2. The van der Waals surface area contributed by atoms with Gasteiger partial charge in [-0.25, -0.2) is 8.42 Å². The lowest BCUT2D eigenvalue weighted by Gasteiger charge is -2.10. The minimum absolute atomic E-state index is 0.101. The molecule has 0 aliphatic carbocycles. The topological polar surface area (TPSA) is 92.7 Å². The zero-order chi connectivity index (χ0) is 22.8. The summed E-state index contributed by atoms with van der Waals surface area (Å²) >= 11 is 0. The third-order valence-corrected chi connectivity index (χ3v) is 6.28. The summed E-state index contributed by atoms with van der Waals surface area (Å²) in [5.41, 5.74) is 2.54. The Bertz CT molecular complexity index is 1130. The number of sulfonamides is 1. The van der Waals surface area contributed by atoms with Crippen LogP contribution in [-0.4, -0.2) is 26.1 Å². The van der Waals surface area contributed by atoms with E-state index in [4.69, 9.17) is 9.84 Å². The second kappa shape index (κ2) is 11.3. The number of carboxylic acid groups (broad SMARTS) is 1. The molecule has 168 valence electrons. The summed E-state index contributed by atoms with van der Waals surface area (Å²) in [7, 11) is -3.61. The van der Waals surface area contributed by atoms with Crippen molar-refractivity contribution in [1.29, 1.82) is 0 Å². The maximum absolute atomic E-state index is 12.5. The van der Waals surface area contributed by atoms with Crippen LogP contribution in [0.15, 0.2) is 83.8 Å². The van der Waals surface area contributed by atoms with E-state index in [1.165, 1.54) is 0 Å². The SMILES string of the molecule is O=C(O)CCc1cccc(OCCCCc2cccc(NS(=O)(=O)c3ccccc3)c2)c1. The van der Waals surface area contributed by atoms with Crippen LogP contribution in [0.4, 0.5) is 5.69 Å². The van der Waals surface area contributed by atoms with E-state index in [-0.39, 0.29) is 11.3 Å². The van der Waals surface area contributed by atoms with Gasteiger partial charge in [0.2, 0.25) is 0 Å². The third-order valence-electron chi connectivity index (χ3n) is 4.89. The molecule has 0 atom stereocenters. The molecule has 0 amide bonds. The summed E-state index contributed by atoms with van der Waals surface area (Å²) in [5.74, 6) is -0.0709. The Kier molecular flexibility index (Phi) is 8.27. The Morgan fingerprint density at radius 2 is 1.56 bits per heavy atom. The van der Waals surface area contributed by atoms with Crippen molar-refractivity contribution < 1.29 is 23.1 Å². The zero-order valence-electron chi connectivity index (χ0n) is 17.7. The van der Waals surface area contributed by atoms with Crippen LogP contribution in [0.1, 0.15) is 30.4 Å². The van der Waals surface area contributed by atoms with Crippen molar-refractivity contribution in [3.05, 3.63) is 90.0 Å². The first kappa shape index (κ1) is 23.3. The average molecular weight is 454 g/mol. The fourth-order valence-corrected chi connectivity index (χ4v) is 4.34. The molecule has 0 heterocycles. The molecule has 2 N–H and O–H groups in total. The predicted octanol–water partition coefficient (Wildman–Crippen LogP) is 4.91. The van der Waals surface area contributed by atoms with E-state index < -0.39 is 16.0 Å². The molecule has 7 heteroatoms. The van der Waals surface area contributed by atoms with Crippen molar-refractivity contribution in [3.63, 3.8) is 0 Å². The molecule has 0 aliphatic heterocycles. The minimum Gasteiger partial charge on any atom is -0.494 e. The quantitative estimate of drug-likeness (QED) is 0.380. The highest BCUT2D eigenvalue weighted by molar-refractivity contribution is 7.92. The Morgan fingerprint density at radius 3 is 2.31 bits per heavy atom. The molecule has 0 saturated carbocycles. The van der Waals surface area contributed by atoms with Crippen LogP contribution in [0.5, 0.6) is 5.75 Å². The fourth-order valence-electron chi connectivity index (χ4n) is 3.27. The van der Waals surface area contributed by atoms with Gasteiger partial charge in [0.1, 0.15) is 5.75 Å². The molecule has 0 aliphatic rings. The lowest BCUT2D eigenvalue weighted by molar-refractivity contribution is -0.136. The monoisotopic (exact) mass is 453 g/mol. The lowest BCUT2D eigenvalue weighted by atomic mass is 10.1. The van der Waals surface area contributed by atoms with Gasteiger partial charge in [0.25, 0.3) is 10.0 Å². The predicted molar refractivity (Wildman–Crippen MR) is 125 cm³/mol. The summed E-state index contributed by atoms with van der Waals surface area (Å²) in [4.78, 5) is 10.9. The molecule has 3 rings (SSSR count). The molecular weight excluding hydrogens is 426 g/mol. The highest BCUT2D eigenvalue weighted by Gasteiger charge is 2.13. The first-order chi connectivity index (χ1) is 15.4. The Morgan fingerprint density at radius 1 is 0.844 bits per heavy atom. The zero-order valence-corrected chi connectivity index (χ0v) is 18.6. The number of nitrogens with one attached hydrogen (secondary N) is 1. The van der Waals surface area contributed by atoms with E-state index >= 15 is 0 Å². The maximum atomic E-state index is 12.5. The number of anilines is 1. The van der Waals surface area contributed by atoms with Gasteiger partial charge in [-0.15, -0.1) is 0 Å². The minimum atomic E-state index is -3.61. The van der Waals surface area contributed by atoms with Gasteiger partial charge in [0.05, 0.1) is 11.5 Å². The van der Waals surface area contributed by atoms with Crippen molar-refractivity contribution in [2.24, 2.45) is 0 Å². The summed E-state index contributed by atoms with van der Waals surface area (Å²) < 4.78 is 33.4. The van der Waals surface area contributed by atoms with Crippen molar-refractivity contribution in [2.75, 3.05) is 11.3 Å². The van der Waals surface area contributed by atoms with Crippen molar-refractivity contribution in [2.45, 2.75) is 37.0 Å². The van der Waals surface area contributed by atoms with Gasteiger partial charge in [0.15, 0.2) is 0 Å². The van der Waals surface area contributed by atoms with E-state index in [9.17, 15) is 13.2 Å². The summed E-state index contributed by atoms with van der Waals surface area (Å²) in [6.07, 6.45) is 3.14. The van der Waals surface area contributed by atoms with Gasteiger partial charge in [-0.05, 0) is 73.2 Å². The van der Waals surface area contributed by atoms with Crippen LogP contribution < -0.4 is 9.46 Å². The third kappa shape index (κ3) is 7.42. The van der Waals surface area contributed by atoms with Crippen LogP contribution >= 0.6 is 0 Å². The molecule has 0 radical (unpaired) electrons. The van der Waals surface area contributed by atoms with E-state index in [1.807, 2.05) is 42.5 Å². The van der Waals surface area contributed by atoms with Crippen molar-refractivity contribution in [3.8, 4) is 5.75 Å². The Balaban J connectivity index is 1.45. The molecule has 0 unspecified atom stereocenters. The van der Waals surface area contributed by atoms with Gasteiger partial charge < -0.3 is 9.84 Å². The number of carbonyl (C=O) groups is 1. The van der Waals surface area contributed by atoms with E-state index in [0.717, 1.165) is 36.1 Å². The summed E-state index contributed by atoms with van der Waals surface area (Å²) in [6, 6.07) is 23.2. The smallest absolute Gasteiger partial charge is 0.303 e. The lowest BCUT2D eigenvalue weighted by Crippen LogP contribution is -2.12. The molecule has 0 bridgehead atoms. The van der Waals surface area contributed by atoms with Crippen LogP contribution in [0.25, 0.3) is 0 Å². The normalized spacial score (nSPS) is 11.1. The number of carboxylic acids is 1. The molecule has 0 aromatic heterocycles. The number of rotatable bonds is 12. The molecule has 32 heavy (non-hydrogen) atoms. The molecule has 3 aromatic carbocycles. The van der Waals surface area contributed by atoms with Gasteiger partial charge >= 0.3 is 5.97 Å². The van der Waals surface area contributed by atoms with Crippen LogP contribution in [0, 0.1) is 0 Å². The summed E-state index contributed by atoms with van der Waals surface area (Å²) in [5, 5.41) is 8.80. The van der Waals surface area contributed by atoms with E-state index in [0.29, 0.717) is 18.7 Å². The van der Waals surface area contributed by atoms with Crippen molar-refractivity contribution >= 4 is 21.7 Å². The highest BCUT2D eigenvalue weighted by Crippen LogP contribution is 2.19. The van der Waals surface area contributed by atoms with Gasteiger partial charge in [0, 0.05) is 12.1 Å². The van der Waals surface area contributed by atoms with E-state index in [2.05, 4.69) is 4.72 Å². The second-order valence-electron chi connectivity index (χ2n) is 7.47. The van der Waals surface area contributed by atoms with Crippen molar-refractivity contribution in [1.82, 2.24) is 0 Å². The largest absolute Gasteiger partial charge is 0.494 e. The standard InChI is InChI=1S/C25H27NO5S/c27-25(28)16-15-21-10-7-12-23(19-21)31-17-5-4-8-20-9-6-11-22(18-20)26-32(29,30)24-13-2-1-3-14-24/h1-3,6-7,9-14,18-19,26H,4-5,8,15-17H2,(H,27,28). The Labute approximate surface area is 188 Å².